The van der Waals surface area contributed by atoms with E-state index in [9.17, 15) is 13.2 Å². The Morgan fingerprint density at radius 3 is 2.41 bits per heavy atom. The summed E-state index contributed by atoms with van der Waals surface area (Å²) in [5.41, 5.74) is 3.10. The van der Waals surface area contributed by atoms with Gasteiger partial charge in [-0.1, -0.05) is 24.6 Å². The summed E-state index contributed by atoms with van der Waals surface area (Å²) >= 11 is 0. The van der Waals surface area contributed by atoms with Gasteiger partial charge < -0.3 is 9.88 Å². The van der Waals surface area contributed by atoms with E-state index in [1.54, 1.807) is 8.61 Å². The normalized spacial score (nSPS) is 20.1. The summed E-state index contributed by atoms with van der Waals surface area (Å²) in [6.07, 6.45) is 3.98. The van der Waals surface area contributed by atoms with Crippen LogP contribution in [0.1, 0.15) is 36.9 Å². The molecule has 1 N–H and O–H groups in total. The molecular formula is C21H30N4O3S. The number of rotatable bonds is 4. The SMILES string of the molecule is Cc1[nH]c2ccccc2c1CC(=O)N1CCCN(S(=O)(=O)N2CCCCC2)CC1. The predicted molar refractivity (Wildman–Crippen MR) is 114 cm³/mol. The lowest BCUT2D eigenvalue weighted by Crippen LogP contribution is -2.47. The summed E-state index contributed by atoms with van der Waals surface area (Å²) in [6.45, 7) is 5.13. The fraction of sp³-hybridized carbons (Fsp3) is 0.571. The maximum Gasteiger partial charge on any atom is 0.282 e. The van der Waals surface area contributed by atoms with Crippen LogP contribution in [-0.2, 0) is 21.4 Å². The highest BCUT2D eigenvalue weighted by molar-refractivity contribution is 7.86. The Morgan fingerprint density at radius 1 is 0.931 bits per heavy atom. The third kappa shape index (κ3) is 4.20. The zero-order valence-corrected chi connectivity index (χ0v) is 17.9. The number of aromatic nitrogens is 1. The minimum absolute atomic E-state index is 0.0649. The lowest BCUT2D eigenvalue weighted by molar-refractivity contribution is -0.130. The van der Waals surface area contributed by atoms with Gasteiger partial charge in [-0.15, -0.1) is 0 Å². The molecule has 8 heteroatoms. The van der Waals surface area contributed by atoms with Crippen LogP contribution in [0.2, 0.25) is 0 Å². The number of H-pyrrole nitrogens is 1. The van der Waals surface area contributed by atoms with E-state index < -0.39 is 10.2 Å². The maximum atomic E-state index is 13.0. The van der Waals surface area contributed by atoms with E-state index in [-0.39, 0.29) is 5.91 Å². The molecule has 1 amide bonds. The Kier molecular flexibility index (Phi) is 5.94. The minimum Gasteiger partial charge on any atom is -0.358 e. The molecule has 1 aromatic heterocycles. The van der Waals surface area contributed by atoms with Crippen LogP contribution in [-0.4, -0.2) is 72.1 Å². The Hall–Kier alpha value is -1.90. The molecule has 158 valence electrons. The molecule has 0 bridgehead atoms. The smallest absolute Gasteiger partial charge is 0.282 e. The molecule has 0 aliphatic carbocycles. The van der Waals surface area contributed by atoms with Gasteiger partial charge in [0.25, 0.3) is 10.2 Å². The van der Waals surface area contributed by atoms with Gasteiger partial charge in [0.2, 0.25) is 5.91 Å². The molecule has 2 aliphatic heterocycles. The zero-order valence-electron chi connectivity index (χ0n) is 17.1. The van der Waals surface area contributed by atoms with Crippen LogP contribution in [0.15, 0.2) is 24.3 Å². The Morgan fingerprint density at radius 2 is 1.62 bits per heavy atom. The van der Waals surface area contributed by atoms with Crippen LogP contribution < -0.4 is 0 Å². The Balaban J connectivity index is 1.43. The molecule has 2 fully saturated rings. The van der Waals surface area contributed by atoms with Crippen LogP contribution in [0, 0.1) is 6.92 Å². The molecule has 4 rings (SSSR count). The third-order valence-electron chi connectivity index (χ3n) is 6.13. The first-order chi connectivity index (χ1) is 14.0. The summed E-state index contributed by atoms with van der Waals surface area (Å²) in [5.74, 6) is 0.0649. The lowest BCUT2D eigenvalue weighted by Gasteiger charge is -2.31. The largest absolute Gasteiger partial charge is 0.358 e. The molecule has 29 heavy (non-hydrogen) atoms. The number of hydrogen-bond acceptors (Lipinski definition) is 3. The number of benzene rings is 1. The number of para-hydroxylation sites is 1. The quantitative estimate of drug-likeness (QED) is 0.828. The van der Waals surface area contributed by atoms with E-state index >= 15 is 0 Å². The molecule has 0 saturated carbocycles. The van der Waals surface area contributed by atoms with Gasteiger partial charge in [0, 0.05) is 55.9 Å². The number of fused-ring (bicyclic) bond motifs is 1. The number of nitrogens with one attached hydrogen (secondary N) is 1. The van der Waals surface area contributed by atoms with Crippen molar-refractivity contribution in [2.75, 3.05) is 39.3 Å². The van der Waals surface area contributed by atoms with Crippen molar-refractivity contribution >= 4 is 27.0 Å². The number of piperidine rings is 1. The summed E-state index contributed by atoms with van der Waals surface area (Å²) < 4.78 is 29.1. The van der Waals surface area contributed by atoms with Gasteiger partial charge in [0.05, 0.1) is 6.42 Å². The van der Waals surface area contributed by atoms with Gasteiger partial charge in [0.1, 0.15) is 0 Å². The van der Waals surface area contributed by atoms with Crippen molar-refractivity contribution in [1.29, 1.82) is 0 Å². The van der Waals surface area contributed by atoms with Gasteiger partial charge in [-0.25, -0.2) is 0 Å². The lowest BCUT2D eigenvalue weighted by atomic mass is 10.1. The van der Waals surface area contributed by atoms with E-state index in [4.69, 9.17) is 0 Å². The molecule has 0 unspecified atom stereocenters. The molecule has 1 aromatic carbocycles. The number of nitrogens with zero attached hydrogens (tertiary/aromatic N) is 3. The van der Waals surface area contributed by atoms with Gasteiger partial charge in [-0.2, -0.15) is 17.0 Å². The highest BCUT2D eigenvalue weighted by atomic mass is 32.2. The van der Waals surface area contributed by atoms with Crippen LogP contribution in [0.3, 0.4) is 0 Å². The Bertz CT molecular complexity index is 979. The molecular weight excluding hydrogens is 388 g/mol. The molecule has 0 spiro atoms. The first kappa shape index (κ1) is 20.4. The molecule has 3 heterocycles. The van der Waals surface area contributed by atoms with Crippen LogP contribution in [0.25, 0.3) is 10.9 Å². The molecule has 2 aliphatic rings. The molecule has 7 nitrogen and oxygen atoms in total. The van der Waals surface area contributed by atoms with Crippen molar-refractivity contribution in [3.05, 3.63) is 35.5 Å². The summed E-state index contributed by atoms with van der Waals surface area (Å²) in [4.78, 5) is 18.2. The summed E-state index contributed by atoms with van der Waals surface area (Å²) in [7, 11) is -3.42. The maximum absolute atomic E-state index is 13.0. The molecule has 0 radical (unpaired) electrons. The minimum atomic E-state index is -3.42. The molecule has 2 aromatic rings. The van der Waals surface area contributed by atoms with E-state index in [2.05, 4.69) is 4.98 Å². The van der Waals surface area contributed by atoms with Crippen LogP contribution in [0.4, 0.5) is 0 Å². The van der Waals surface area contributed by atoms with E-state index in [1.165, 1.54) is 0 Å². The fourth-order valence-corrected chi connectivity index (χ4v) is 6.18. The second kappa shape index (κ2) is 8.45. The highest BCUT2D eigenvalue weighted by Crippen LogP contribution is 2.23. The van der Waals surface area contributed by atoms with E-state index in [1.807, 2.05) is 36.1 Å². The monoisotopic (exact) mass is 418 g/mol. The Labute approximate surface area is 172 Å². The average molecular weight is 419 g/mol. The van der Waals surface area contributed by atoms with Crippen molar-refractivity contribution in [2.24, 2.45) is 0 Å². The van der Waals surface area contributed by atoms with Crippen molar-refractivity contribution in [1.82, 2.24) is 18.5 Å². The number of amides is 1. The standard InChI is InChI=1S/C21H30N4O3S/c1-17-19(18-8-3-4-9-20(18)22-17)16-21(26)23-10-7-13-25(15-14-23)29(27,28)24-11-5-2-6-12-24/h3-4,8-9,22H,2,5-7,10-16H2,1H3. The number of hydrogen-bond donors (Lipinski definition) is 1. The van der Waals surface area contributed by atoms with Gasteiger partial charge in [0.15, 0.2) is 0 Å². The summed E-state index contributed by atoms with van der Waals surface area (Å²) in [6, 6.07) is 8.03. The first-order valence-electron chi connectivity index (χ1n) is 10.6. The molecule has 2 saturated heterocycles. The zero-order chi connectivity index (χ0) is 20.4. The number of carbonyl (C=O) groups excluding carboxylic acids is 1. The predicted octanol–water partition coefficient (Wildman–Crippen LogP) is 2.28. The number of aromatic amines is 1. The van der Waals surface area contributed by atoms with Gasteiger partial charge in [-0.05, 0) is 37.8 Å². The number of carbonyl (C=O) groups is 1. The third-order valence-corrected chi connectivity index (χ3v) is 8.17. The van der Waals surface area contributed by atoms with E-state index in [0.29, 0.717) is 52.1 Å². The summed E-state index contributed by atoms with van der Waals surface area (Å²) in [5, 5.41) is 1.09. The number of aryl methyl sites for hydroxylation is 1. The highest BCUT2D eigenvalue weighted by Gasteiger charge is 2.32. The van der Waals surface area contributed by atoms with Gasteiger partial charge in [-0.3, -0.25) is 4.79 Å². The second-order valence-electron chi connectivity index (χ2n) is 8.05. The van der Waals surface area contributed by atoms with Crippen molar-refractivity contribution < 1.29 is 13.2 Å². The van der Waals surface area contributed by atoms with Crippen molar-refractivity contribution in [2.45, 2.75) is 39.0 Å². The van der Waals surface area contributed by atoms with Crippen molar-refractivity contribution in [3.63, 3.8) is 0 Å². The van der Waals surface area contributed by atoms with Crippen molar-refractivity contribution in [3.8, 4) is 0 Å². The topological polar surface area (TPSA) is 76.7 Å². The fourth-order valence-electron chi connectivity index (χ4n) is 4.46. The second-order valence-corrected chi connectivity index (χ2v) is 9.98. The van der Waals surface area contributed by atoms with Gasteiger partial charge >= 0.3 is 0 Å². The van der Waals surface area contributed by atoms with E-state index in [0.717, 1.165) is 41.4 Å². The molecule has 0 atom stereocenters. The van der Waals surface area contributed by atoms with Crippen LogP contribution in [0.5, 0.6) is 0 Å². The van der Waals surface area contributed by atoms with Crippen LogP contribution >= 0.6 is 0 Å². The average Bonchev–Trinajstić information content (AvgIpc) is 2.90. The first-order valence-corrected chi connectivity index (χ1v) is 12.0.